The molecule has 0 radical (unpaired) electrons. The van der Waals surface area contributed by atoms with Gasteiger partial charge in [-0.05, 0) is 26.2 Å². The summed E-state index contributed by atoms with van der Waals surface area (Å²) >= 11 is 0. The lowest BCUT2D eigenvalue weighted by Crippen LogP contribution is -2.70. The first-order valence-corrected chi connectivity index (χ1v) is 9.19. The van der Waals surface area contributed by atoms with E-state index in [-0.39, 0.29) is 5.60 Å². The van der Waals surface area contributed by atoms with E-state index in [1.807, 2.05) is 0 Å². The molecule has 0 aromatic heterocycles. The van der Waals surface area contributed by atoms with Gasteiger partial charge in [0.15, 0.2) is 0 Å². The predicted octanol–water partition coefficient (Wildman–Crippen LogP) is 0.0751. The highest BCUT2D eigenvalue weighted by molar-refractivity contribution is 5.02. The van der Waals surface area contributed by atoms with E-state index in [2.05, 4.69) is 33.9 Å². The van der Waals surface area contributed by atoms with Crippen LogP contribution in [0.5, 0.6) is 0 Å². The van der Waals surface area contributed by atoms with Crippen molar-refractivity contribution in [3.8, 4) is 0 Å². The number of ether oxygens (including phenoxy) is 1. The molecule has 5 nitrogen and oxygen atoms in total. The van der Waals surface area contributed by atoms with Crippen LogP contribution in [-0.2, 0) is 4.74 Å². The molecule has 0 amide bonds. The highest BCUT2D eigenvalue weighted by Crippen LogP contribution is 2.32. The average molecular weight is 308 g/mol. The van der Waals surface area contributed by atoms with E-state index in [9.17, 15) is 0 Å². The lowest BCUT2D eigenvalue weighted by Gasteiger charge is -2.52. The number of hydrogen-bond donors (Lipinski definition) is 1. The predicted molar refractivity (Wildman–Crippen MR) is 88.2 cm³/mol. The third kappa shape index (κ3) is 2.94. The van der Waals surface area contributed by atoms with E-state index in [1.54, 1.807) is 0 Å². The monoisotopic (exact) mass is 308 g/mol. The van der Waals surface area contributed by atoms with Gasteiger partial charge >= 0.3 is 0 Å². The van der Waals surface area contributed by atoms with Gasteiger partial charge < -0.3 is 10.1 Å². The van der Waals surface area contributed by atoms with E-state index in [4.69, 9.17) is 4.74 Å². The maximum Gasteiger partial charge on any atom is 0.106 e. The van der Waals surface area contributed by atoms with E-state index < -0.39 is 0 Å². The average Bonchev–Trinajstić information content (AvgIpc) is 2.88. The molecule has 5 heteroatoms. The van der Waals surface area contributed by atoms with Gasteiger partial charge in [-0.3, -0.25) is 14.7 Å². The summed E-state index contributed by atoms with van der Waals surface area (Å²) in [6, 6.07) is 1.51. The van der Waals surface area contributed by atoms with Crippen molar-refractivity contribution in [2.45, 2.75) is 38.0 Å². The molecule has 4 aliphatic rings. The van der Waals surface area contributed by atoms with Gasteiger partial charge in [0.2, 0.25) is 0 Å². The van der Waals surface area contributed by atoms with Crippen molar-refractivity contribution in [2.75, 3.05) is 65.5 Å². The van der Waals surface area contributed by atoms with Crippen LogP contribution in [0.3, 0.4) is 0 Å². The van der Waals surface area contributed by atoms with Crippen molar-refractivity contribution in [1.29, 1.82) is 0 Å². The van der Waals surface area contributed by atoms with Crippen LogP contribution in [0.1, 0.15) is 20.3 Å². The Hall–Kier alpha value is -0.200. The van der Waals surface area contributed by atoms with E-state index in [1.165, 1.54) is 39.1 Å². The van der Waals surface area contributed by atoms with Crippen molar-refractivity contribution < 1.29 is 4.74 Å². The molecule has 4 rings (SSSR count). The molecule has 0 saturated carbocycles. The van der Waals surface area contributed by atoms with Crippen LogP contribution in [0.2, 0.25) is 0 Å². The van der Waals surface area contributed by atoms with Crippen molar-refractivity contribution >= 4 is 0 Å². The van der Waals surface area contributed by atoms with Gasteiger partial charge in [0.25, 0.3) is 0 Å². The summed E-state index contributed by atoms with van der Waals surface area (Å²) in [5.74, 6) is 0.867. The molecule has 126 valence electrons. The fraction of sp³-hybridized carbons (Fsp3) is 1.00. The summed E-state index contributed by atoms with van der Waals surface area (Å²) in [7, 11) is 0. The number of nitrogens with one attached hydrogen (secondary N) is 1. The van der Waals surface area contributed by atoms with Gasteiger partial charge in [-0.2, -0.15) is 0 Å². The maximum absolute atomic E-state index is 6.01. The molecule has 2 atom stereocenters. The van der Waals surface area contributed by atoms with Gasteiger partial charge in [0.1, 0.15) is 5.60 Å². The molecule has 0 bridgehead atoms. The Morgan fingerprint density at radius 2 is 2.09 bits per heavy atom. The second-order valence-corrected chi connectivity index (χ2v) is 8.22. The smallest absolute Gasteiger partial charge is 0.106 e. The number of morpholine rings is 1. The van der Waals surface area contributed by atoms with Crippen LogP contribution < -0.4 is 5.32 Å². The molecule has 22 heavy (non-hydrogen) atoms. The fourth-order valence-electron chi connectivity index (χ4n) is 4.95. The van der Waals surface area contributed by atoms with Crippen LogP contribution in [0, 0.1) is 5.92 Å². The Kier molecular flexibility index (Phi) is 4.20. The lowest BCUT2D eigenvalue weighted by molar-refractivity contribution is -0.158. The van der Waals surface area contributed by atoms with Gasteiger partial charge in [-0.25, -0.2) is 0 Å². The number of nitrogens with zero attached hydrogens (tertiary/aromatic N) is 3. The molecule has 0 aromatic carbocycles. The van der Waals surface area contributed by atoms with E-state index >= 15 is 0 Å². The molecular weight excluding hydrogens is 276 g/mol. The summed E-state index contributed by atoms with van der Waals surface area (Å²) in [6.07, 6.45) is 1.39. The van der Waals surface area contributed by atoms with Crippen LogP contribution in [0.15, 0.2) is 0 Å². The van der Waals surface area contributed by atoms with Crippen LogP contribution in [0.25, 0.3) is 0 Å². The third-order valence-corrected chi connectivity index (χ3v) is 6.14. The highest BCUT2D eigenvalue weighted by atomic mass is 16.5. The summed E-state index contributed by atoms with van der Waals surface area (Å²) < 4.78 is 6.01. The molecule has 1 N–H and O–H groups in total. The Bertz CT molecular complexity index is 388. The largest absolute Gasteiger partial charge is 0.370 e. The Balaban J connectivity index is 1.24. The first-order chi connectivity index (χ1) is 10.6. The fourth-order valence-corrected chi connectivity index (χ4v) is 4.95. The summed E-state index contributed by atoms with van der Waals surface area (Å²) in [4.78, 5) is 8.03. The Morgan fingerprint density at radius 1 is 1.23 bits per heavy atom. The molecule has 4 fully saturated rings. The van der Waals surface area contributed by atoms with Crippen molar-refractivity contribution in [3.63, 3.8) is 0 Å². The number of hydrogen-bond acceptors (Lipinski definition) is 5. The number of fused-ring (bicyclic) bond motifs is 1. The van der Waals surface area contributed by atoms with Gasteiger partial charge in [-0.15, -0.1) is 0 Å². The minimum atomic E-state index is 0.151. The summed E-state index contributed by atoms with van der Waals surface area (Å²) in [5.41, 5.74) is 0.151. The first kappa shape index (κ1) is 15.3. The lowest BCUT2D eigenvalue weighted by atomic mass is 9.90. The van der Waals surface area contributed by atoms with Crippen molar-refractivity contribution in [3.05, 3.63) is 0 Å². The molecular formula is C17H32N4O. The molecule has 4 aliphatic heterocycles. The van der Waals surface area contributed by atoms with Gasteiger partial charge in [-0.1, -0.05) is 0 Å². The minimum absolute atomic E-state index is 0.151. The number of rotatable bonds is 3. The second kappa shape index (κ2) is 6.02. The van der Waals surface area contributed by atoms with Crippen LogP contribution in [-0.4, -0.2) is 97.9 Å². The van der Waals surface area contributed by atoms with Crippen LogP contribution in [0.4, 0.5) is 0 Å². The first-order valence-electron chi connectivity index (χ1n) is 9.19. The highest BCUT2D eigenvalue weighted by Gasteiger charge is 2.46. The minimum Gasteiger partial charge on any atom is -0.370 e. The third-order valence-electron chi connectivity index (χ3n) is 6.14. The van der Waals surface area contributed by atoms with Gasteiger partial charge in [0, 0.05) is 71.0 Å². The zero-order valence-corrected chi connectivity index (χ0v) is 14.3. The van der Waals surface area contributed by atoms with Crippen LogP contribution >= 0.6 is 0 Å². The summed E-state index contributed by atoms with van der Waals surface area (Å²) in [6.45, 7) is 16.3. The Morgan fingerprint density at radius 3 is 2.82 bits per heavy atom. The van der Waals surface area contributed by atoms with E-state index in [0.717, 1.165) is 44.7 Å². The molecule has 4 saturated heterocycles. The molecule has 1 spiro atoms. The molecule has 0 aliphatic carbocycles. The molecule has 4 heterocycles. The standard InChI is InChI=1S/C17H32N4O/c1-14(2)20-4-5-21-9-15(7-16(21)10-20)8-19-12-17(13-19)11-18-3-6-22-17/h14-16,18H,3-13H2,1-2H3/t15?,16-/m0/s1. The number of likely N-dealkylation sites (tertiary alicyclic amines) is 1. The van der Waals surface area contributed by atoms with E-state index in [0.29, 0.717) is 6.04 Å². The molecule has 0 aromatic rings. The number of piperazine rings is 1. The normalized spacial score (nSPS) is 36.7. The van der Waals surface area contributed by atoms with Crippen molar-refractivity contribution in [2.24, 2.45) is 5.92 Å². The summed E-state index contributed by atoms with van der Waals surface area (Å²) in [5, 5.41) is 3.48. The van der Waals surface area contributed by atoms with Gasteiger partial charge in [0.05, 0.1) is 6.61 Å². The zero-order chi connectivity index (χ0) is 15.2. The topological polar surface area (TPSA) is 31.0 Å². The maximum atomic E-state index is 6.01. The van der Waals surface area contributed by atoms with Crippen molar-refractivity contribution in [1.82, 2.24) is 20.0 Å². The SMILES string of the molecule is CC(C)N1CCN2CC(CN3CC4(CNCCO4)C3)C[C@H]2C1. The quantitative estimate of drug-likeness (QED) is 0.798. The zero-order valence-electron chi connectivity index (χ0n) is 14.3. The molecule has 1 unspecified atom stereocenters. The second-order valence-electron chi connectivity index (χ2n) is 8.22. The Labute approximate surface area is 134 Å².